The fourth-order valence-corrected chi connectivity index (χ4v) is 2.21. The molecule has 2 aromatic rings. The Morgan fingerprint density at radius 3 is 2.58 bits per heavy atom. The predicted molar refractivity (Wildman–Crippen MR) is 75.9 cm³/mol. The van der Waals surface area contributed by atoms with Crippen molar-refractivity contribution in [2.24, 2.45) is 0 Å². The average Bonchev–Trinajstić information content (AvgIpc) is 2.39. The summed E-state index contributed by atoms with van der Waals surface area (Å²) < 4.78 is 26.9. The summed E-state index contributed by atoms with van der Waals surface area (Å²) in [5.74, 6) is -0.462. The topological polar surface area (TPSA) is 12.0 Å². The first-order valence-corrected chi connectivity index (χ1v) is 6.83. The lowest BCUT2D eigenvalue weighted by Crippen LogP contribution is -2.17. The van der Waals surface area contributed by atoms with Gasteiger partial charge in [0.2, 0.25) is 0 Å². The van der Waals surface area contributed by atoms with Crippen LogP contribution in [-0.2, 0) is 13.0 Å². The van der Waals surface area contributed by atoms with Gasteiger partial charge < -0.3 is 5.32 Å². The molecular weight excluding hydrogens is 312 g/mol. The molecule has 1 nitrogen and oxygen atoms in total. The van der Waals surface area contributed by atoms with E-state index in [2.05, 4.69) is 21.2 Å². The third-order valence-electron chi connectivity index (χ3n) is 2.80. The van der Waals surface area contributed by atoms with Crippen LogP contribution in [-0.4, -0.2) is 6.54 Å². The molecule has 0 radical (unpaired) electrons. The minimum Gasteiger partial charge on any atom is -0.312 e. The highest BCUT2D eigenvalue weighted by atomic mass is 79.9. The first-order valence-electron chi connectivity index (χ1n) is 6.04. The van der Waals surface area contributed by atoms with Crippen molar-refractivity contribution in [2.75, 3.05) is 6.54 Å². The molecule has 0 aromatic heterocycles. The van der Waals surface area contributed by atoms with Crippen molar-refractivity contribution in [1.82, 2.24) is 5.32 Å². The molecule has 19 heavy (non-hydrogen) atoms. The SMILES string of the molecule is Fc1cccc(CCNCc2cc(F)ccc2Br)c1. The van der Waals surface area contributed by atoms with Crippen LogP contribution in [0.25, 0.3) is 0 Å². The number of rotatable bonds is 5. The van der Waals surface area contributed by atoms with E-state index in [-0.39, 0.29) is 11.6 Å². The maximum Gasteiger partial charge on any atom is 0.123 e. The fraction of sp³-hybridized carbons (Fsp3) is 0.200. The van der Waals surface area contributed by atoms with Crippen molar-refractivity contribution in [3.8, 4) is 0 Å². The third-order valence-corrected chi connectivity index (χ3v) is 3.58. The van der Waals surface area contributed by atoms with Crippen LogP contribution in [0.5, 0.6) is 0 Å². The Labute approximate surface area is 119 Å². The van der Waals surface area contributed by atoms with E-state index in [4.69, 9.17) is 0 Å². The molecule has 0 aliphatic rings. The molecule has 1 N–H and O–H groups in total. The Kier molecular flexibility index (Phi) is 5.05. The van der Waals surface area contributed by atoms with E-state index in [1.165, 1.54) is 24.3 Å². The Morgan fingerprint density at radius 2 is 1.79 bits per heavy atom. The molecule has 0 spiro atoms. The summed E-state index contributed by atoms with van der Waals surface area (Å²) in [6.07, 6.45) is 0.741. The smallest absolute Gasteiger partial charge is 0.123 e. The Balaban J connectivity index is 1.82. The van der Waals surface area contributed by atoms with Crippen LogP contribution in [0.4, 0.5) is 8.78 Å². The van der Waals surface area contributed by atoms with E-state index in [0.717, 1.165) is 22.0 Å². The molecule has 0 aliphatic heterocycles. The summed E-state index contributed by atoms with van der Waals surface area (Å²) in [6, 6.07) is 11.2. The summed E-state index contributed by atoms with van der Waals surface area (Å²) >= 11 is 3.38. The molecule has 0 saturated heterocycles. The summed E-state index contributed by atoms with van der Waals surface area (Å²) in [5.41, 5.74) is 1.82. The van der Waals surface area contributed by atoms with Gasteiger partial charge in [0, 0.05) is 11.0 Å². The van der Waals surface area contributed by atoms with Gasteiger partial charge in [-0.05, 0) is 54.4 Å². The molecule has 100 valence electrons. The van der Waals surface area contributed by atoms with Gasteiger partial charge >= 0.3 is 0 Å². The maximum atomic E-state index is 13.1. The lowest BCUT2D eigenvalue weighted by molar-refractivity contribution is 0.616. The number of halogens is 3. The molecule has 0 amide bonds. The lowest BCUT2D eigenvalue weighted by Gasteiger charge is -2.07. The highest BCUT2D eigenvalue weighted by Gasteiger charge is 2.01. The Hall–Kier alpha value is -1.26. The molecule has 0 heterocycles. The molecule has 2 rings (SSSR count). The summed E-state index contributed by atoms with van der Waals surface area (Å²) in [4.78, 5) is 0. The standard InChI is InChI=1S/C15H14BrF2N/c16-15-5-4-14(18)9-12(15)10-19-7-6-11-2-1-3-13(17)8-11/h1-5,8-9,19H,6-7,10H2. The van der Waals surface area contributed by atoms with Gasteiger partial charge in [0.15, 0.2) is 0 Å². The second-order valence-electron chi connectivity index (χ2n) is 4.29. The minimum absolute atomic E-state index is 0.217. The average molecular weight is 326 g/mol. The highest BCUT2D eigenvalue weighted by molar-refractivity contribution is 9.10. The fourth-order valence-electron chi connectivity index (χ4n) is 1.83. The van der Waals surface area contributed by atoms with Gasteiger partial charge in [-0.1, -0.05) is 28.1 Å². The summed E-state index contributed by atoms with van der Waals surface area (Å²) in [6.45, 7) is 1.29. The molecule has 0 atom stereocenters. The maximum absolute atomic E-state index is 13.1. The van der Waals surface area contributed by atoms with E-state index < -0.39 is 0 Å². The van der Waals surface area contributed by atoms with Gasteiger partial charge in [-0.25, -0.2) is 8.78 Å². The molecule has 0 aliphatic carbocycles. The monoisotopic (exact) mass is 325 g/mol. The first-order chi connectivity index (χ1) is 9.15. The first kappa shape index (κ1) is 14.2. The van der Waals surface area contributed by atoms with E-state index >= 15 is 0 Å². The van der Waals surface area contributed by atoms with Gasteiger partial charge in [-0.15, -0.1) is 0 Å². The van der Waals surface area contributed by atoms with E-state index in [1.54, 1.807) is 12.1 Å². The molecule has 0 saturated carbocycles. The largest absolute Gasteiger partial charge is 0.312 e. The number of hydrogen-bond acceptors (Lipinski definition) is 1. The Morgan fingerprint density at radius 1 is 1.00 bits per heavy atom. The molecule has 0 unspecified atom stereocenters. The highest BCUT2D eigenvalue weighted by Crippen LogP contribution is 2.17. The second kappa shape index (κ2) is 6.78. The zero-order chi connectivity index (χ0) is 13.7. The summed E-state index contributed by atoms with van der Waals surface area (Å²) in [7, 11) is 0. The normalized spacial score (nSPS) is 10.7. The molecule has 0 fully saturated rings. The van der Waals surface area contributed by atoms with Crippen LogP contribution in [0, 0.1) is 11.6 Å². The van der Waals surface area contributed by atoms with Gasteiger partial charge in [-0.2, -0.15) is 0 Å². The van der Waals surface area contributed by atoms with Crippen molar-refractivity contribution in [2.45, 2.75) is 13.0 Å². The predicted octanol–water partition coefficient (Wildman–Crippen LogP) is 4.06. The van der Waals surface area contributed by atoms with Gasteiger partial charge in [0.25, 0.3) is 0 Å². The van der Waals surface area contributed by atoms with Crippen molar-refractivity contribution < 1.29 is 8.78 Å². The molecular formula is C15H14BrF2N. The lowest BCUT2D eigenvalue weighted by atomic mass is 10.1. The van der Waals surface area contributed by atoms with Crippen molar-refractivity contribution in [1.29, 1.82) is 0 Å². The van der Waals surface area contributed by atoms with Crippen LogP contribution in [0.1, 0.15) is 11.1 Å². The van der Waals surface area contributed by atoms with E-state index in [0.29, 0.717) is 13.1 Å². The Bertz CT molecular complexity index is 558. The van der Waals surface area contributed by atoms with Crippen LogP contribution >= 0.6 is 15.9 Å². The summed E-state index contributed by atoms with van der Waals surface area (Å²) in [5, 5.41) is 3.22. The zero-order valence-corrected chi connectivity index (χ0v) is 11.9. The molecule has 4 heteroatoms. The van der Waals surface area contributed by atoms with Crippen molar-refractivity contribution in [3.63, 3.8) is 0 Å². The zero-order valence-electron chi connectivity index (χ0n) is 10.3. The number of nitrogens with one attached hydrogen (secondary N) is 1. The molecule has 2 aromatic carbocycles. The molecule has 0 bridgehead atoms. The minimum atomic E-state index is -0.245. The second-order valence-corrected chi connectivity index (χ2v) is 5.15. The van der Waals surface area contributed by atoms with Crippen molar-refractivity contribution >= 4 is 15.9 Å². The van der Waals surface area contributed by atoms with E-state index in [1.807, 2.05) is 6.07 Å². The third kappa shape index (κ3) is 4.40. The number of benzene rings is 2. The van der Waals surface area contributed by atoms with Gasteiger partial charge in [0.05, 0.1) is 0 Å². The van der Waals surface area contributed by atoms with Crippen molar-refractivity contribution in [3.05, 3.63) is 69.7 Å². The van der Waals surface area contributed by atoms with Crippen LogP contribution in [0.15, 0.2) is 46.9 Å². The quantitative estimate of drug-likeness (QED) is 0.817. The van der Waals surface area contributed by atoms with Crippen LogP contribution < -0.4 is 5.32 Å². The van der Waals surface area contributed by atoms with Crippen LogP contribution in [0.2, 0.25) is 0 Å². The van der Waals surface area contributed by atoms with Gasteiger partial charge in [0.1, 0.15) is 11.6 Å². The van der Waals surface area contributed by atoms with E-state index in [9.17, 15) is 8.78 Å². The van der Waals surface area contributed by atoms with Crippen LogP contribution in [0.3, 0.4) is 0 Å². The number of hydrogen-bond donors (Lipinski definition) is 1. The van der Waals surface area contributed by atoms with Gasteiger partial charge in [-0.3, -0.25) is 0 Å².